The van der Waals surface area contributed by atoms with Crippen molar-refractivity contribution in [2.45, 2.75) is 161 Å². The van der Waals surface area contributed by atoms with Crippen LogP contribution in [0.3, 0.4) is 0 Å². The number of hydrogen-bond donors (Lipinski definition) is 5. The molecule has 0 aromatic rings. The van der Waals surface area contributed by atoms with E-state index in [1.54, 1.807) is 0 Å². The Morgan fingerprint density at radius 3 is 1.15 bits per heavy atom. The SMILES string of the molecule is CC/C=C/C=C/C=C\CCCCCCCC(=O)OCC(O)COP(=O)(O)OCC(O)COP(=O)(O)OCC(O)COC(=O)CCCCCCCC/C=C/C=C/CCCCC. The molecule has 0 aliphatic rings. The number of carbonyl (C=O) groups excluding carboxylic acids is 2. The fourth-order valence-electron chi connectivity index (χ4n) is 5.14. The fraction of sp³-hybridized carbons (Fsp3) is 0.721. The molecule has 0 saturated heterocycles. The number of aliphatic hydroxyl groups is 3. The van der Waals surface area contributed by atoms with Crippen molar-refractivity contribution in [2.75, 3.05) is 39.6 Å². The highest BCUT2D eigenvalue weighted by Crippen LogP contribution is 2.45. The second kappa shape index (κ2) is 39.6. The quantitative estimate of drug-likeness (QED) is 0.0167. The summed E-state index contributed by atoms with van der Waals surface area (Å²) in [6, 6.07) is 0. The maximum Gasteiger partial charge on any atom is 0.472 e. The van der Waals surface area contributed by atoms with Crippen molar-refractivity contribution in [3.63, 3.8) is 0 Å². The van der Waals surface area contributed by atoms with Gasteiger partial charge in [-0.2, -0.15) is 0 Å². The molecule has 0 saturated carbocycles. The summed E-state index contributed by atoms with van der Waals surface area (Å²) in [6.07, 6.45) is 35.0. The van der Waals surface area contributed by atoms with Crippen molar-refractivity contribution in [3.05, 3.63) is 60.8 Å². The molecule has 5 atom stereocenters. The molecule has 0 heterocycles. The zero-order valence-corrected chi connectivity index (χ0v) is 37.9. The molecule has 0 aromatic heterocycles. The number of phosphoric ester groups is 2. The number of aliphatic hydroxyl groups excluding tert-OH is 3. The van der Waals surface area contributed by atoms with E-state index in [1.165, 1.54) is 19.3 Å². The third-order valence-corrected chi connectivity index (χ3v) is 10.4. The third-order valence-electron chi connectivity index (χ3n) is 8.55. The van der Waals surface area contributed by atoms with Crippen LogP contribution in [0.25, 0.3) is 0 Å². The van der Waals surface area contributed by atoms with Crippen molar-refractivity contribution in [1.82, 2.24) is 0 Å². The zero-order chi connectivity index (χ0) is 44.6. The predicted octanol–water partition coefficient (Wildman–Crippen LogP) is 9.05. The average molecular weight is 895 g/mol. The van der Waals surface area contributed by atoms with E-state index in [1.807, 2.05) is 24.3 Å². The van der Waals surface area contributed by atoms with Gasteiger partial charge >= 0.3 is 27.6 Å². The smallest absolute Gasteiger partial charge is 0.463 e. The van der Waals surface area contributed by atoms with Crippen LogP contribution in [0.4, 0.5) is 0 Å². The minimum Gasteiger partial charge on any atom is -0.463 e. The van der Waals surface area contributed by atoms with Crippen LogP contribution in [-0.4, -0.2) is 95.0 Å². The predicted molar refractivity (Wildman–Crippen MR) is 233 cm³/mol. The highest BCUT2D eigenvalue weighted by Gasteiger charge is 2.28. The van der Waals surface area contributed by atoms with Gasteiger partial charge in [0.15, 0.2) is 0 Å². The van der Waals surface area contributed by atoms with Gasteiger partial charge < -0.3 is 34.6 Å². The molecule has 5 N–H and O–H groups in total. The Kier molecular flexibility index (Phi) is 38.1. The first-order valence-corrected chi connectivity index (χ1v) is 24.7. The molecule has 60 heavy (non-hydrogen) atoms. The molecule has 0 radical (unpaired) electrons. The molecular formula is C43H76O15P2. The van der Waals surface area contributed by atoms with E-state index in [0.717, 1.165) is 83.5 Å². The van der Waals surface area contributed by atoms with E-state index in [2.05, 4.69) is 68.4 Å². The van der Waals surface area contributed by atoms with Crippen LogP contribution in [-0.2, 0) is 46.3 Å². The number of carbonyl (C=O) groups is 2. The van der Waals surface area contributed by atoms with Crippen molar-refractivity contribution in [3.8, 4) is 0 Å². The molecule has 0 aliphatic heterocycles. The maximum absolute atomic E-state index is 12.1. The second-order valence-corrected chi connectivity index (χ2v) is 17.3. The van der Waals surface area contributed by atoms with Gasteiger partial charge in [-0.25, -0.2) is 9.13 Å². The zero-order valence-electron chi connectivity index (χ0n) is 36.1. The Balaban J connectivity index is 3.96. The lowest BCUT2D eigenvalue weighted by atomic mass is 10.1. The molecule has 0 aliphatic carbocycles. The minimum atomic E-state index is -4.79. The van der Waals surface area contributed by atoms with E-state index in [9.17, 15) is 43.8 Å². The summed E-state index contributed by atoms with van der Waals surface area (Å²) in [5.41, 5.74) is 0. The number of rotatable bonds is 41. The fourth-order valence-corrected chi connectivity index (χ4v) is 6.73. The van der Waals surface area contributed by atoms with Crippen LogP contribution in [0.15, 0.2) is 60.8 Å². The van der Waals surface area contributed by atoms with Gasteiger partial charge in [0.05, 0.1) is 26.4 Å². The van der Waals surface area contributed by atoms with Crippen LogP contribution >= 0.6 is 15.6 Å². The number of allylic oxidation sites excluding steroid dienone is 10. The number of unbranched alkanes of at least 4 members (excludes halogenated alkanes) is 14. The molecule has 17 heteroatoms. The van der Waals surface area contributed by atoms with Crippen LogP contribution in [0, 0.1) is 0 Å². The number of esters is 2. The van der Waals surface area contributed by atoms with Gasteiger partial charge in [0, 0.05) is 12.8 Å². The van der Waals surface area contributed by atoms with Crippen LogP contribution in [0.1, 0.15) is 142 Å². The van der Waals surface area contributed by atoms with Gasteiger partial charge in [-0.3, -0.25) is 27.7 Å². The molecule has 0 amide bonds. The third kappa shape index (κ3) is 41.1. The van der Waals surface area contributed by atoms with Gasteiger partial charge in [0.2, 0.25) is 0 Å². The number of hydrogen-bond acceptors (Lipinski definition) is 13. The molecule has 0 bridgehead atoms. The van der Waals surface area contributed by atoms with Crippen molar-refractivity contribution in [2.24, 2.45) is 0 Å². The molecule has 0 aromatic carbocycles. The Morgan fingerprint density at radius 1 is 0.450 bits per heavy atom. The topological polar surface area (TPSA) is 225 Å². The second-order valence-electron chi connectivity index (χ2n) is 14.4. The lowest BCUT2D eigenvalue weighted by Crippen LogP contribution is -2.25. The Labute approximate surface area is 359 Å². The first kappa shape index (κ1) is 57.7. The summed E-state index contributed by atoms with van der Waals surface area (Å²) in [4.78, 5) is 43.6. The highest BCUT2D eigenvalue weighted by atomic mass is 31.2. The van der Waals surface area contributed by atoms with Gasteiger partial charge in [-0.05, 0) is 57.8 Å². The molecular weight excluding hydrogens is 818 g/mol. The maximum atomic E-state index is 12.1. The summed E-state index contributed by atoms with van der Waals surface area (Å²) >= 11 is 0. The first-order valence-electron chi connectivity index (χ1n) is 21.7. The van der Waals surface area contributed by atoms with E-state index in [-0.39, 0.29) is 12.8 Å². The lowest BCUT2D eigenvalue weighted by Gasteiger charge is -2.19. The summed E-state index contributed by atoms with van der Waals surface area (Å²) in [5.74, 6) is -1.03. The lowest BCUT2D eigenvalue weighted by molar-refractivity contribution is -0.148. The number of ether oxygens (including phenoxy) is 2. The molecule has 5 unspecified atom stereocenters. The van der Waals surface area contributed by atoms with Gasteiger partial charge in [-0.1, -0.05) is 132 Å². The Morgan fingerprint density at radius 2 is 0.767 bits per heavy atom. The van der Waals surface area contributed by atoms with Crippen molar-refractivity contribution >= 4 is 27.6 Å². The van der Waals surface area contributed by atoms with E-state index >= 15 is 0 Å². The number of phosphoric acid groups is 2. The molecule has 0 fully saturated rings. The summed E-state index contributed by atoms with van der Waals surface area (Å²) in [6.45, 7) is 0.185. The van der Waals surface area contributed by atoms with Gasteiger partial charge in [-0.15, -0.1) is 0 Å². The first-order chi connectivity index (χ1) is 28.8. The van der Waals surface area contributed by atoms with Crippen molar-refractivity contribution < 1.29 is 71.4 Å². The highest BCUT2D eigenvalue weighted by molar-refractivity contribution is 7.47. The molecule has 15 nitrogen and oxygen atoms in total. The largest absolute Gasteiger partial charge is 0.472 e. The van der Waals surface area contributed by atoms with Crippen LogP contribution < -0.4 is 0 Å². The average Bonchev–Trinajstić information content (AvgIpc) is 3.22. The molecule has 0 spiro atoms. The van der Waals surface area contributed by atoms with Gasteiger partial charge in [0.25, 0.3) is 0 Å². The van der Waals surface area contributed by atoms with E-state index in [0.29, 0.717) is 12.8 Å². The normalized spacial score (nSPS) is 15.9. The van der Waals surface area contributed by atoms with Crippen LogP contribution in [0.5, 0.6) is 0 Å². The van der Waals surface area contributed by atoms with E-state index < -0.39 is 85.5 Å². The van der Waals surface area contributed by atoms with E-state index in [4.69, 9.17) is 9.47 Å². The van der Waals surface area contributed by atoms with Crippen molar-refractivity contribution in [1.29, 1.82) is 0 Å². The summed E-state index contributed by atoms with van der Waals surface area (Å²) < 4.78 is 52.8. The minimum absolute atomic E-state index is 0.171. The summed E-state index contributed by atoms with van der Waals surface area (Å²) in [5, 5.41) is 29.9. The molecule has 0 rings (SSSR count). The van der Waals surface area contributed by atoms with Gasteiger partial charge in [0.1, 0.15) is 31.5 Å². The summed E-state index contributed by atoms with van der Waals surface area (Å²) in [7, 11) is -9.58. The van der Waals surface area contributed by atoms with Crippen LogP contribution in [0.2, 0.25) is 0 Å². The Bertz CT molecular complexity index is 1320. The molecule has 348 valence electrons. The standard InChI is InChI=1S/C43H76O15P2/c1-3-5-7-9-11-13-15-17-18-20-22-24-26-28-30-32-43(48)54-34-40(45)36-56-60(51,52)58-38-41(46)37-57-59(49,50)55-35-39(44)33-53-42(47)31-29-27-25-23-21-19-16-14-12-10-8-6-4-2/h6,8,10-17,39-41,44-46H,3-5,7,9,18-38H2,1-2H3,(H,49,50)(H,51,52)/b8-6+,12-10+,13-11+,16-14-,17-15+. The monoisotopic (exact) mass is 894 g/mol. The Hall–Kier alpha value is -2.26.